The van der Waals surface area contributed by atoms with Crippen LogP contribution in [0.1, 0.15) is 19.8 Å². The maximum Gasteiger partial charge on any atom is 0.317 e. The number of nitrogens with one attached hydrogen (secondary N) is 1. The van der Waals surface area contributed by atoms with Crippen molar-refractivity contribution in [3.63, 3.8) is 0 Å². The monoisotopic (exact) mass is 264 g/mol. The van der Waals surface area contributed by atoms with Gasteiger partial charge in [-0.3, -0.25) is 14.5 Å². The van der Waals surface area contributed by atoms with Crippen molar-refractivity contribution >= 4 is 17.6 Å². The van der Waals surface area contributed by atoms with E-state index in [0.29, 0.717) is 19.5 Å². The second-order valence-corrected chi connectivity index (χ2v) is 4.33. The second kappa shape index (κ2) is 8.26. The Morgan fingerprint density at radius 2 is 1.89 bits per heavy atom. The molecule has 0 bridgehead atoms. The quantitative estimate of drug-likeness (QED) is 0.751. The molecule has 5 nitrogen and oxygen atoms in total. The molecule has 1 aromatic carbocycles. The Hall–Kier alpha value is -1.88. The molecule has 104 valence electrons. The molecule has 2 N–H and O–H groups in total. The normalized spacial score (nSPS) is 10.4. The van der Waals surface area contributed by atoms with Gasteiger partial charge >= 0.3 is 5.97 Å². The van der Waals surface area contributed by atoms with Crippen LogP contribution >= 0.6 is 0 Å². The number of benzene rings is 1. The van der Waals surface area contributed by atoms with Crippen LogP contribution in [0.4, 0.5) is 5.69 Å². The molecular weight excluding hydrogens is 244 g/mol. The fourth-order valence-corrected chi connectivity index (χ4v) is 1.78. The van der Waals surface area contributed by atoms with Gasteiger partial charge < -0.3 is 10.4 Å². The van der Waals surface area contributed by atoms with Crippen molar-refractivity contribution in [1.82, 2.24) is 4.90 Å². The molecule has 19 heavy (non-hydrogen) atoms. The van der Waals surface area contributed by atoms with E-state index in [1.807, 2.05) is 37.3 Å². The molecule has 0 aliphatic carbocycles. The average molecular weight is 264 g/mol. The molecule has 0 unspecified atom stereocenters. The van der Waals surface area contributed by atoms with Gasteiger partial charge in [-0.2, -0.15) is 0 Å². The molecule has 0 aliphatic rings. The van der Waals surface area contributed by atoms with Crippen molar-refractivity contribution in [1.29, 1.82) is 0 Å². The van der Waals surface area contributed by atoms with E-state index in [9.17, 15) is 9.59 Å². The van der Waals surface area contributed by atoms with E-state index in [0.717, 1.165) is 12.1 Å². The summed E-state index contributed by atoms with van der Waals surface area (Å²) in [5.41, 5.74) is 0.757. The zero-order chi connectivity index (χ0) is 14.1. The Kier molecular flexibility index (Phi) is 6.60. The summed E-state index contributed by atoms with van der Waals surface area (Å²) in [6, 6.07) is 9.22. The number of carbonyl (C=O) groups is 2. The van der Waals surface area contributed by atoms with Gasteiger partial charge in [0, 0.05) is 18.7 Å². The third-order valence-electron chi connectivity index (χ3n) is 2.61. The molecule has 0 saturated heterocycles. The molecule has 1 aromatic rings. The summed E-state index contributed by atoms with van der Waals surface area (Å²) in [5, 5.41) is 11.5. The zero-order valence-corrected chi connectivity index (χ0v) is 11.1. The number of hydrogen-bond acceptors (Lipinski definition) is 3. The van der Waals surface area contributed by atoms with Gasteiger partial charge in [0.25, 0.3) is 0 Å². The molecule has 0 atom stereocenters. The van der Waals surface area contributed by atoms with Crippen LogP contribution in [-0.4, -0.2) is 41.5 Å². The molecule has 1 amide bonds. The van der Waals surface area contributed by atoms with Crippen molar-refractivity contribution in [2.24, 2.45) is 0 Å². The minimum Gasteiger partial charge on any atom is -0.480 e. The molecule has 0 aliphatic heterocycles. The SMILES string of the molecule is CCCN(CCC(=O)Nc1ccccc1)CC(=O)O. The first kappa shape index (κ1) is 15.2. The van der Waals surface area contributed by atoms with E-state index in [2.05, 4.69) is 5.32 Å². The Labute approximate surface area is 113 Å². The fraction of sp³-hybridized carbons (Fsp3) is 0.429. The number of hydrogen-bond donors (Lipinski definition) is 2. The van der Waals surface area contributed by atoms with Gasteiger partial charge in [-0.25, -0.2) is 0 Å². The smallest absolute Gasteiger partial charge is 0.317 e. The van der Waals surface area contributed by atoms with Gasteiger partial charge in [-0.1, -0.05) is 25.1 Å². The lowest BCUT2D eigenvalue weighted by molar-refractivity contribution is -0.138. The van der Waals surface area contributed by atoms with Crippen molar-refractivity contribution < 1.29 is 14.7 Å². The molecule has 0 fully saturated rings. The summed E-state index contributed by atoms with van der Waals surface area (Å²) in [6.45, 7) is 3.11. The largest absolute Gasteiger partial charge is 0.480 e. The highest BCUT2D eigenvalue weighted by molar-refractivity contribution is 5.90. The number of carboxylic acids is 1. The summed E-state index contributed by atoms with van der Waals surface area (Å²) in [5.74, 6) is -0.963. The third-order valence-corrected chi connectivity index (χ3v) is 2.61. The van der Waals surface area contributed by atoms with Crippen LogP contribution in [0.2, 0.25) is 0 Å². The maximum atomic E-state index is 11.7. The number of para-hydroxylation sites is 1. The molecule has 0 spiro atoms. The van der Waals surface area contributed by atoms with Gasteiger partial charge in [-0.05, 0) is 25.1 Å². The van der Waals surface area contributed by atoms with Gasteiger partial charge in [0.2, 0.25) is 5.91 Å². The van der Waals surface area contributed by atoms with E-state index < -0.39 is 5.97 Å². The van der Waals surface area contributed by atoms with E-state index in [-0.39, 0.29) is 12.5 Å². The predicted octanol–water partition coefficient (Wildman–Crippen LogP) is 1.81. The Morgan fingerprint density at radius 3 is 2.47 bits per heavy atom. The first-order valence-electron chi connectivity index (χ1n) is 6.41. The van der Waals surface area contributed by atoms with Crippen molar-refractivity contribution in [2.45, 2.75) is 19.8 Å². The van der Waals surface area contributed by atoms with E-state index in [1.54, 1.807) is 4.90 Å². The number of carbonyl (C=O) groups excluding carboxylic acids is 1. The number of aliphatic carboxylic acids is 1. The van der Waals surface area contributed by atoms with Crippen LogP contribution in [0, 0.1) is 0 Å². The van der Waals surface area contributed by atoms with E-state index >= 15 is 0 Å². The second-order valence-electron chi connectivity index (χ2n) is 4.33. The highest BCUT2D eigenvalue weighted by Gasteiger charge is 2.10. The van der Waals surface area contributed by atoms with Crippen LogP contribution in [0.15, 0.2) is 30.3 Å². The molecule has 0 aromatic heterocycles. The summed E-state index contributed by atoms with van der Waals surface area (Å²) < 4.78 is 0. The van der Waals surface area contributed by atoms with Gasteiger partial charge in [-0.15, -0.1) is 0 Å². The molecule has 0 radical (unpaired) electrons. The maximum absolute atomic E-state index is 11.7. The summed E-state index contributed by atoms with van der Waals surface area (Å²) in [7, 11) is 0. The summed E-state index contributed by atoms with van der Waals surface area (Å²) in [4.78, 5) is 24.2. The van der Waals surface area contributed by atoms with Crippen LogP contribution in [0.25, 0.3) is 0 Å². The third kappa shape index (κ3) is 6.57. The van der Waals surface area contributed by atoms with E-state index in [1.165, 1.54) is 0 Å². The molecular formula is C14H20N2O3. The van der Waals surface area contributed by atoms with Crippen LogP contribution < -0.4 is 5.32 Å². The lowest BCUT2D eigenvalue weighted by Gasteiger charge is -2.18. The standard InChI is InChI=1S/C14H20N2O3/c1-2-9-16(11-14(18)19)10-8-13(17)15-12-6-4-3-5-7-12/h3-7H,2,8-11H2,1H3,(H,15,17)(H,18,19). The van der Waals surface area contributed by atoms with Gasteiger partial charge in [0.15, 0.2) is 0 Å². The number of carboxylic acid groups (broad SMARTS) is 1. The van der Waals surface area contributed by atoms with Crippen molar-refractivity contribution in [2.75, 3.05) is 25.0 Å². The molecule has 0 saturated carbocycles. The topological polar surface area (TPSA) is 69.6 Å². The molecule has 0 heterocycles. The molecule has 1 rings (SSSR count). The molecule has 5 heteroatoms. The Morgan fingerprint density at radius 1 is 1.21 bits per heavy atom. The average Bonchev–Trinajstić information content (AvgIpc) is 2.37. The minimum atomic E-state index is -0.864. The first-order chi connectivity index (χ1) is 9.11. The lowest BCUT2D eigenvalue weighted by atomic mass is 10.3. The number of amides is 1. The predicted molar refractivity (Wildman–Crippen MR) is 74.1 cm³/mol. The van der Waals surface area contributed by atoms with Crippen LogP contribution in [-0.2, 0) is 9.59 Å². The number of rotatable bonds is 8. The van der Waals surface area contributed by atoms with E-state index in [4.69, 9.17) is 5.11 Å². The Bertz CT molecular complexity index is 406. The number of nitrogens with zero attached hydrogens (tertiary/aromatic N) is 1. The van der Waals surface area contributed by atoms with Crippen LogP contribution in [0.5, 0.6) is 0 Å². The highest BCUT2D eigenvalue weighted by Crippen LogP contribution is 2.05. The lowest BCUT2D eigenvalue weighted by Crippen LogP contribution is -2.33. The fourth-order valence-electron chi connectivity index (χ4n) is 1.78. The zero-order valence-electron chi connectivity index (χ0n) is 11.1. The summed E-state index contributed by atoms with van der Waals surface area (Å²) >= 11 is 0. The summed E-state index contributed by atoms with van der Waals surface area (Å²) in [6.07, 6.45) is 1.16. The number of anilines is 1. The van der Waals surface area contributed by atoms with Crippen molar-refractivity contribution in [3.8, 4) is 0 Å². The Balaban J connectivity index is 2.37. The first-order valence-corrected chi connectivity index (χ1v) is 6.41. The van der Waals surface area contributed by atoms with Gasteiger partial charge in [0.1, 0.15) is 0 Å². The minimum absolute atomic E-state index is 0.0214. The van der Waals surface area contributed by atoms with Crippen molar-refractivity contribution in [3.05, 3.63) is 30.3 Å². The van der Waals surface area contributed by atoms with Crippen LogP contribution in [0.3, 0.4) is 0 Å². The van der Waals surface area contributed by atoms with Gasteiger partial charge in [0.05, 0.1) is 6.54 Å². The highest BCUT2D eigenvalue weighted by atomic mass is 16.4.